The summed E-state index contributed by atoms with van der Waals surface area (Å²) in [5.74, 6) is -1.73. The first-order valence-electron chi connectivity index (χ1n) is 4.16. The Morgan fingerprint density at radius 3 is 2.44 bits per heavy atom. The number of aromatic nitrogens is 3. The quantitative estimate of drug-likeness (QED) is 0.810. The van der Waals surface area contributed by atoms with Crippen molar-refractivity contribution < 1.29 is 18.0 Å². The highest BCUT2D eigenvalue weighted by atomic mass is 32.2. The summed E-state index contributed by atoms with van der Waals surface area (Å²) in [5, 5.41) is 5.70. The van der Waals surface area contributed by atoms with E-state index in [1.165, 1.54) is 14.0 Å². The van der Waals surface area contributed by atoms with Crippen LogP contribution in [0, 0.1) is 0 Å². The number of nitrogens with two attached hydrogens (primary N) is 1. The van der Waals surface area contributed by atoms with E-state index in [9.17, 15) is 18.0 Å². The van der Waals surface area contributed by atoms with Crippen molar-refractivity contribution >= 4 is 17.7 Å². The molecule has 9 heteroatoms. The number of hydrogen-bond donors (Lipinski definition) is 1. The second kappa shape index (κ2) is 4.32. The fraction of sp³-hybridized carbons (Fsp3) is 0.571. The third kappa shape index (κ3) is 2.65. The van der Waals surface area contributed by atoms with Crippen molar-refractivity contribution in [2.24, 2.45) is 12.8 Å². The lowest BCUT2D eigenvalue weighted by atomic mass is 10.5. The van der Waals surface area contributed by atoms with Crippen LogP contribution >= 0.6 is 11.8 Å². The zero-order valence-corrected chi connectivity index (χ0v) is 9.26. The van der Waals surface area contributed by atoms with Crippen molar-refractivity contribution in [3.05, 3.63) is 5.82 Å². The molecule has 0 fully saturated rings. The van der Waals surface area contributed by atoms with E-state index in [4.69, 9.17) is 5.73 Å². The fourth-order valence-corrected chi connectivity index (χ4v) is 1.65. The molecule has 1 atom stereocenters. The van der Waals surface area contributed by atoms with Gasteiger partial charge < -0.3 is 10.3 Å². The Morgan fingerprint density at radius 1 is 1.50 bits per heavy atom. The van der Waals surface area contributed by atoms with Crippen molar-refractivity contribution in [1.82, 2.24) is 14.8 Å². The molecular formula is C7H9F3N4OS. The van der Waals surface area contributed by atoms with Gasteiger partial charge in [0.15, 0.2) is 5.16 Å². The highest BCUT2D eigenvalue weighted by Gasteiger charge is 2.37. The number of primary amides is 1. The summed E-state index contributed by atoms with van der Waals surface area (Å²) < 4.78 is 37.8. The van der Waals surface area contributed by atoms with Gasteiger partial charge in [0, 0.05) is 7.05 Å². The molecule has 0 radical (unpaired) electrons. The zero-order chi connectivity index (χ0) is 12.5. The standard InChI is InChI=1S/C7H9F3N4OS/c1-3(4(11)15)16-6-13-12-5(14(6)2)7(8,9)10/h3H,1-2H3,(H2,11,15)/t3-/m0/s1. The number of amides is 1. The monoisotopic (exact) mass is 254 g/mol. The maximum absolute atomic E-state index is 12.3. The van der Waals surface area contributed by atoms with Gasteiger partial charge in [-0.2, -0.15) is 13.2 Å². The average Bonchev–Trinajstić information content (AvgIpc) is 2.46. The number of nitrogens with zero attached hydrogens (tertiary/aromatic N) is 3. The summed E-state index contributed by atoms with van der Waals surface area (Å²) in [5.41, 5.74) is 4.99. The van der Waals surface area contributed by atoms with Crippen LogP contribution in [0.25, 0.3) is 0 Å². The van der Waals surface area contributed by atoms with Gasteiger partial charge in [0.05, 0.1) is 5.25 Å². The summed E-state index contributed by atoms with van der Waals surface area (Å²) in [6.45, 7) is 1.48. The number of thioether (sulfide) groups is 1. The Balaban J connectivity index is 2.93. The smallest absolute Gasteiger partial charge is 0.369 e. The average molecular weight is 254 g/mol. The molecule has 2 N–H and O–H groups in total. The molecule has 1 aromatic heterocycles. The Kier molecular flexibility index (Phi) is 3.46. The minimum atomic E-state index is -4.56. The third-order valence-corrected chi connectivity index (χ3v) is 2.92. The van der Waals surface area contributed by atoms with Crippen LogP contribution in [0.3, 0.4) is 0 Å². The lowest BCUT2D eigenvalue weighted by molar-refractivity contribution is -0.147. The second-order valence-electron chi connectivity index (χ2n) is 3.03. The Bertz CT molecular complexity index is 403. The Labute approximate surface area is 93.2 Å². The van der Waals surface area contributed by atoms with Gasteiger partial charge in [0.25, 0.3) is 0 Å². The normalized spacial score (nSPS) is 13.8. The van der Waals surface area contributed by atoms with Gasteiger partial charge >= 0.3 is 6.18 Å². The predicted octanol–water partition coefficient (Wildman–Crippen LogP) is 0.800. The van der Waals surface area contributed by atoms with Gasteiger partial charge in [-0.05, 0) is 6.92 Å². The molecule has 0 aliphatic carbocycles. The molecule has 1 rings (SSSR count). The van der Waals surface area contributed by atoms with Crippen molar-refractivity contribution in [3.8, 4) is 0 Å². The van der Waals surface area contributed by atoms with Gasteiger partial charge in [-0.25, -0.2) is 0 Å². The van der Waals surface area contributed by atoms with Crippen LogP contribution in [0.15, 0.2) is 5.16 Å². The molecule has 1 aromatic rings. The molecule has 5 nitrogen and oxygen atoms in total. The topological polar surface area (TPSA) is 73.8 Å². The number of carbonyl (C=O) groups is 1. The minimum Gasteiger partial charge on any atom is -0.369 e. The predicted molar refractivity (Wildman–Crippen MR) is 50.5 cm³/mol. The molecule has 1 heterocycles. The van der Waals surface area contributed by atoms with Crippen LogP contribution in [0.5, 0.6) is 0 Å². The van der Waals surface area contributed by atoms with E-state index in [2.05, 4.69) is 10.2 Å². The maximum Gasteiger partial charge on any atom is 0.451 e. The molecule has 90 valence electrons. The summed E-state index contributed by atoms with van der Waals surface area (Å²) in [7, 11) is 1.18. The molecule has 0 spiro atoms. The number of halogens is 3. The first-order chi connectivity index (χ1) is 7.23. The molecule has 0 saturated carbocycles. The highest BCUT2D eigenvalue weighted by molar-refractivity contribution is 8.00. The van der Waals surface area contributed by atoms with Gasteiger partial charge in [0.2, 0.25) is 11.7 Å². The molecular weight excluding hydrogens is 245 g/mol. The van der Waals surface area contributed by atoms with E-state index in [1.807, 2.05) is 0 Å². The molecule has 1 amide bonds. The molecule has 16 heavy (non-hydrogen) atoms. The summed E-state index contributed by atoms with van der Waals surface area (Å²) in [6.07, 6.45) is -4.56. The summed E-state index contributed by atoms with van der Waals surface area (Å²) in [6, 6.07) is 0. The molecule has 0 bridgehead atoms. The molecule has 0 aromatic carbocycles. The molecule has 0 unspecified atom stereocenters. The fourth-order valence-electron chi connectivity index (χ4n) is 0.881. The second-order valence-corrected chi connectivity index (χ2v) is 4.33. The van der Waals surface area contributed by atoms with Crippen LogP contribution < -0.4 is 5.73 Å². The van der Waals surface area contributed by atoms with Crippen molar-refractivity contribution in [3.63, 3.8) is 0 Å². The first kappa shape index (κ1) is 12.8. The molecule has 0 saturated heterocycles. The maximum atomic E-state index is 12.3. The van der Waals surface area contributed by atoms with E-state index in [-0.39, 0.29) is 5.16 Å². The zero-order valence-electron chi connectivity index (χ0n) is 8.45. The third-order valence-electron chi connectivity index (χ3n) is 1.77. The van der Waals surface area contributed by atoms with Crippen LogP contribution in [-0.4, -0.2) is 25.9 Å². The first-order valence-corrected chi connectivity index (χ1v) is 5.04. The van der Waals surface area contributed by atoms with E-state index >= 15 is 0 Å². The Hall–Kier alpha value is -1.25. The van der Waals surface area contributed by atoms with Crippen LogP contribution in [-0.2, 0) is 18.0 Å². The van der Waals surface area contributed by atoms with Gasteiger partial charge in [0.1, 0.15) is 0 Å². The number of rotatable bonds is 3. The van der Waals surface area contributed by atoms with Crippen LogP contribution in [0.2, 0.25) is 0 Å². The van der Waals surface area contributed by atoms with E-state index < -0.39 is 23.2 Å². The largest absolute Gasteiger partial charge is 0.451 e. The molecule has 0 aliphatic rings. The van der Waals surface area contributed by atoms with Crippen molar-refractivity contribution in [2.45, 2.75) is 23.5 Å². The van der Waals surface area contributed by atoms with Crippen molar-refractivity contribution in [1.29, 1.82) is 0 Å². The lowest BCUT2D eigenvalue weighted by Gasteiger charge is -2.08. The van der Waals surface area contributed by atoms with E-state index in [0.29, 0.717) is 0 Å². The van der Waals surface area contributed by atoms with Crippen LogP contribution in [0.1, 0.15) is 12.7 Å². The number of hydrogen-bond acceptors (Lipinski definition) is 4. The van der Waals surface area contributed by atoms with Crippen LogP contribution in [0.4, 0.5) is 13.2 Å². The van der Waals surface area contributed by atoms with Gasteiger partial charge in [-0.3, -0.25) is 4.79 Å². The number of carbonyl (C=O) groups excluding carboxylic acids is 1. The SMILES string of the molecule is C[C@H](Sc1nnc(C(F)(F)F)n1C)C(N)=O. The van der Waals surface area contributed by atoms with E-state index in [1.54, 1.807) is 0 Å². The van der Waals surface area contributed by atoms with Gasteiger partial charge in [-0.1, -0.05) is 11.8 Å². The minimum absolute atomic E-state index is 0.00127. The lowest BCUT2D eigenvalue weighted by Crippen LogP contribution is -2.23. The van der Waals surface area contributed by atoms with Gasteiger partial charge in [-0.15, -0.1) is 10.2 Å². The summed E-state index contributed by atoms with van der Waals surface area (Å²) >= 11 is 0.830. The van der Waals surface area contributed by atoms with Crippen molar-refractivity contribution in [2.75, 3.05) is 0 Å². The summed E-state index contributed by atoms with van der Waals surface area (Å²) in [4.78, 5) is 10.7. The number of alkyl halides is 3. The highest BCUT2D eigenvalue weighted by Crippen LogP contribution is 2.30. The molecule has 0 aliphatic heterocycles. The van der Waals surface area contributed by atoms with E-state index in [0.717, 1.165) is 16.3 Å². The Morgan fingerprint density at radius 2 is 2.06 bits per heavy atom.